The Morgan fingerprint density at radius 1 is 1.08 bits per heavy atom. The lowest BCUT2D eigenvalue weighted by atomic mass is 9.79. The molecule has 12 heavy (non-hydrogen) atoms. The van der Waals surface area contributed by atoms with Crippen molar-refractivity contribution in [1.82, 2.24) is 0 Å². The van der Waals surface area contributed by atoms with Crippen LogP contribution >= 0.6 is 0 Å². The van der Waals surface area contributed by atoms with E-state index in [4.69, 9.17) is 0 Å². The van der Waals surface area contributed by atoms with Crippen molar-refractivity contribution in [2.24, 2.45) is 0 Å². The second kappa shape index (κ2) is 3.19. The van der Waals surface area contributed by atoms with Crippen LogP contribution in [-0.2, 0) is 0 Å². The molecular formula is C10H16O2. The summed E-state index contributed by atoms with van der Waals surface area (Å²) < 4.78 is 0. The molecule has 0 aromatic carbocycles. The van der Waals surface area contributed by atoms with Gasteiger partial charge in [-0.15, -0.1) is 0 Å². The molecule has 0 amide bonds. The fourth-order valence-electron chi connectivity index (χ4n) is 2.34. The maximum atomic E-state index is 9.65. The van der Waals surface area contributed by atoms with E-state index < -0.39 is 0 Å². The van der Waals surface area contributed by atoms with Gasteiger partial charge in [-0.05, 0) is 44.1 Å². The molecule has 2 nitrogen and oxygen atoms in total. The standard InChI is InChI=1S/C10H16O2/c11-8-5-4-7-2-1-3-10(12)9(7)6-8/h8,10-12H,1-6H2. The highest BCUT2D eigenvalue weighted by molar-refractivity contribution is 5.24. The van der Waals surface area contributed by atoms with Crippen molar-refractivity contribution in [3.63, 3.8) is 0 Å². The largest absolute Gasteiger partial charge is 0.393 e. The van der Waals surface area contributed by atoms with Crippen molar-refractivity contribution in [1.29, 1.82) is 0 Å². The summed E-state index contributed by atoms with van der Waals surface area (Å²) in [7, 11) is 0. The minimum absolute atomic E-state index is 0.198. The summed E-state index contributed by atoms with van der Waals surface area (Å²) in [6.07, 6.45) is 5.34. The molecule has 0 saturated heterocycles. The molecule has 68 valence electrons. The summed E-state index contributed by atoms with van der Waals surface area (Å²) in [6.45, 7) is 0. The first kappa shape index (κ1) is 8.27. The lowest BCUT2D eigenvalue weighted by Gasteiger charge is -2.31. The number of aliphatic hydroxyl groups is 2. The smallest absolute Gasteiger partial charge is 0.0753 e. The number of rotatable bonds is 0. The molecule has 0 aromatic heterocycles. The Bertz CT molecular complexity index is 208. The first-order chi connectivity index (χ1) is 5.77. The highest BCUT2D eigenvalue weighted by Crippen LogP contribution is 2.35. The molecule has 0 aliphatic heterocycles. The third-order valence-electron chi connectivity index (χ3n) is 3.05. The fourth-order valence-corrected chi connectivity index (χ4v) is 2.34. The summed E-state index contributed by atoms with van der Waals surface area (Å²) in [5, 5.41) is 19.1. The molecule has 0 aromatic rings. The van der Waals surface area contributed by atoms with Gasteiger partial charge >= 0.3 is 0 Å². The Morgan fingerprint density at radius 3 is 2.75 bits per heavy atom. The Hall–Kier alpha value is -0.340. The third-order valence-corrected chi connectivity index (χ3v) is 3.05. The van der Waals surface area contributed by atoms with Gasteiger partial charge in [-0.3, -0.25) is 0 Å². The van der Waals surface area contributed by atoms with Gasteiger partial charge in [0, 0.05) is 0 Å². The van der Waals surface area contributed by atoms with E-state index in [0.717, 1.165) is 44.1 Å². The lowest BCUT2D eigenvalue weighted by molar-refractivity contribution is 0.123. The molecule has 0 radical (unpaired) electrons. The molecule has 0 fully saturated rings. The predicted octanol–water partition coefficient (Wildman–Crippen LogP) is 1.37. The van der Waals surface area contributed by atoms with Gasteiger partial charge in [0.15, 0.2) is 0 Å². The molecule has 2 atom stereocenters. The monoisotopic (exact) mass is 168 g/mol. The van der Waals surface area contributed by atoms with E-state index in [2.05, 4.69) is 0 Å². The first-order valence-corrected chi connectivity index (χ1v) is 4.84. The maximum Gasteiger partial charge on any atom is 0.0753 e. The van der Waals surface area contributed by atoms with Crippen molar-refractivity contribution in [3.05, 3.63) is 11.1 Å². The third kappa shape index (κ3) is 1.41. The highest BCUT2D eigenvalue weighted by Gasteiger charge is 2.26. The van der Waals surface area contributed by atoms with E-state index in [0.29, 0.717) is 0 Å². The highest BCUT2D eigenvalue weighted by atomic mass is 16.3. The molecule has 2 heteroatoms. The minimum atomic E-state index is -0.247. The average Bonchev–Trinajstić information content (AvgIpc) is 2.07. The fraction of sp³-hybridized carbons (Fsp3) is 0.800. The molecule has 2 N–H and O–H groups in total. The van der Waals surface area contributed by atoms with Crippen LogP contribution < -0.4 is 0 Å². The first-order valence-electron chi connectivity index (χ1n) is 4.84. The van der Waals surface area contributed by atoms with Crippen LogP contribution in [0.15, 0.2) is 11.1 Å². The summed E-state index contributed by atoms with van der Waals surface area (Å²) >= 11 is 0. The van der Waals surface area contributed by atoms with Crippen molar-refractivity contribution in [2.75, 3.05) is 0 Å². The van der Waals surface area contributed by atoms with Crippen molar-refractivity contribution >= 4 is 0 Å². The van der Waals surface area contributed by atoms with E-state index in [9.17, 15) is 10.2 Å². The van der Waals surface area contributed by atoms with Crippen molar-refractivity contribution in [3.8, 4) is 0 Å². The summed E-state index contributed by atoms with van der Waals surface area (Å²) in [5.74, 6) is 0. The second-order valence-electron chi connectivity index (χ2n) is 3.93. The number of hydrogen-bond acceptors (Lipinski definition) is 2. The van der Waals surface area contributed by atoms with E-state index in [1.54, 1.807) is 0 Å². The molecule has 2 aliphatic carbocycles. The van der Waals surface area contributed by atoms with Crippen LogP contribution in [0.4, 0.5) is 0 Å². The van der Waals surface area contributed by atoms with Gasteiger partial charge in [0.05, 0.1) is 12.2 Å². The van der Waals surface area contributed by atoms with E-state index in [-0.39, 0.29) is 12.2 Å². The minimum Gasteiger partial charge on any atom is -0.393 e. The molecular weight excluding hydrogens is 152 g/mol. The Balaban J connectivity index is 2.19. The maximum absolute atomic E-state index is 9.65. The van der Waals surface area contributed by atoms with Crippen LogP contribution in [-0.4, -0.2) is 22.4 Å². The Morgan fingerprint density at radius 2 is 1.92 bits per heavy atom. The SMILES string of the molecule is OC1CCC2=C(C1)C(O)CCC2. The Kier molecular flexibility index (Phi) is 2.20. The van der Waals surface area contributed by atoms with Gasteiger partial charge in [0.1, 0.15) is 0 Å². The van der Waals surface area contributed by atoms with Crippen LogP contribution in [0.1, 0.15) is 38.5 Å². The molecule has 2 rings (SSSR count). The van der Waals surface area contributed by atoms with Gasteiger partial charge in [0.25, 0.3) is 0 Å². The van der Waals surface area contributed by atoms with Gasteiger partial charge in [-0.2, -0.15) is 0 Å². The van der Waals surface area contributed by atoms with Gasteiger partial charge in [-0.1, -0.05) is 5.57 Å². The summed E-state index contributed by atoms with van der Waals surface area (Å²) in [5.41, 5.74) is 2.58. The number of hydrogen-bond donors (Lipinski definition) is 2. The van der Waals surface area contributed by atoms with Gasteiger partial charge in [-0.25, -0.2) is 0 Å². The molecule has 0 saturated carbocycles. The van der Waals surface area contributed by atoms with Crippen LogP contribution in [0.5, 0.6) is 0 Å². The Labute approximate surface area is 72.9 Å². The summed E-state index contributed by atoms with van der Waals surface area (Å²) in [6, 6.07) is 0. The average molecular weight is 168 g/mol. The zero-order valence-electron chi connectivity index (χ0n) is 7.29. The van der Waals surface area contributed by atoms with E-state index in [1.807, 2.05) is 0 Å². The van der Waals surface area contributed by atoms with Crippen LogP contribution in [0, 0.1) is 0 Å². The zero-order valence-corrected chi connectivity index (χ0v) is 7.29. The quantitative estimate of drug-likeness (QED) is 0.536. The normalized spacial score (nSPS) is 36.5. The molecule has 2 aliphatic rings. The van der Waals surface area contributed by atoms with Gasteiger partial charge < -0.3 is 10.2 Å². The van der Waals surface area contributed by atoms with Crippen LogP contribution in [0.3, 0.4) is 0 Å². The lowest BCUT2D eigenvalue weighted by Crippen LogP contribution is -2.25. The second-order valence-corrected chi connectivity index (χ2v) is 3.93. The zero-order chi connectivity index (χ0) is 8.55. The van der Waals surface area contributed by atoms with Gasteiger partial charge in [0.2, 0.25) is 0 Å². The molecule has 2 unspecified atom stereocenters. The predicted molar refractivity (Wildman–Crippen MR) is 46.7 cm³/mol. The van der Waals surface area contributed by atoms with E-state index >= 15 is 0 Å². The van der Waals surface area contributed by atoms with Crippen LogP contribution in [0.25, 0.3) is 0 Å². The molecule has 0 bridgehead atoms. The van der Waals surface area contributed by atoms with Crippen LogP contribution in [0.2, 0.25) is 0 Å². The summed E-state index contributed by atoms with van der Waals surface area (Å²) in [4.78, 5) is 0. The van der Waals surface area contributed by atoms with E-state index in [1.165, 1.54) is 5.57 Å². The molecule has 0 heterocycles. The van der Waals surface area contributed by atoms with Crippen molar-refractivity contribution in [2.45, 2.75) is 50.7 Å². The topological polar surface area (TPSA) is 40.5 Å². The molecule has 0 spiro atoms. The number of allylic oxidation sites excluding steroid dienone is 1. The van der Waals surface area contributed by atoms with Crippen molar-refractivity contribution < 1.29 is 10.2 Å². The number of aliphatic hydroxyl groups excluding tert-OH is 2.